The van der Waals surface area contributed by atoms with Crippen LogP contribution in [0.15, 0.2) is 47.4 Å². The van der Waals surface area contributed by atoms with E-state index in [9.17, 15) is 9.18 Å². The van der Waals surface area contributed by atoms with Crippen LogP contribution >= 0.6 is 23.4 Å². The van der Waals surface area contributed by atoms with E-state index in [4.69, 9.17) is 17.3 Å². The van der Waals surface area contributed by atoms with Crippen LogP contribution in [0.25, 0.3) is 0 Å². The Hall–Kier alpha value is -1.72. The third kappa shape index (κ3) is 3.88. The number of nitrogen functional groups attached to an aromatic ring is 1. The van der Waals surface area contributed by atoms with Gasteiger partial charge in [0.1, 0.15) is 5.82 Å². The van der Waals surface area contributed by atoms with Crippen molar-refractivity contribution >= 4 is 40.6 Å². The molecule has 2 aromatic carbocycles. The van der Waals surface area contributed by atoms with Gasteiger partial charge in [0.05, 0.1) is 17.1 Å². The summed E-state index contributed by atoms with van der Waals surface area (Å²) < 4.78 is 13.4. The molecule has 3 nitrogen and oxygen atoms in total. The van der Waals surface area contributed by atoms with Crippen molar-refractivity contribution in [3.05, 3.63) is 53.3 Å². The van der Waals surface area contributed by atoms with Crippen LogP contribution in [0.2, 0.25) is 5.02 Å². The van der Waals surface area contributed by atoms with Crippen molar-refractivity contribution in [2.75, 3.05) is 16.8 Å². The number of hydrogen-bond acceptors (Lipinski definition) is 3. The Balaban J connectivity index is 1.96. The summed E-state index contributed by atoms with van der Waals surface area (Å²) in [4.78, 5) is 12.2. The molecule has 20 heavy (non-hydrogen) atoms. The smallest absolute Gasteiger partial charge is 0.234 e. The molecular formula is C14H12ClFN2OS. The number of nitrogens with one attached hydrogen (secondary N) is 1. The molecule has 0 bridgehead atoms. The molecule has 0 atom stereocenters. The lowest BCUT2D eigenvalue weighted by molar-refractivity contribution is -0.113. The second kappa shape index (κ2) is 6.63. The number of carbonyl (C=O) groups excluding carboxylic acids is 1. The van der Waals surface area contributed by atoms with Gasteiger partial charge < -0.3 is 11.1 Å². The van der Waals surface area contributed by atoms with E-state index in [0.717, 1.165) is 11.8 Å². The summed E-state index contributed by atoms with van der Waals surface area (Å²) in [6.45, 7) is 0. The molecule has 104 valence electrons. The highest BCUT2D eigenvalue weighted by Gasteiger charge is 2.08. The summed E-state index contributed by atoms with van der Waals surface area (Å²) in [6, 6.07) is 11.1. The molecule has 2 rings (SSSR count). The van der Waals surface area contributed by atoms with E-state index in [0.29, 0.717) is 21.3 Å². The Morgan fingerprint density at radius 2 is 2.05 bits per heavy atom. The van der Waals surface area contributed by atoms with E-state index in [1.54, 1.807) is 36.4 Å². The highest BCUT2D eigenvalue weighted by atomic mass is 35.5. The molecule has 0 heterocycles. The van der Waals surface area contributed by atoms with Crippen molar-refractivity contribution in [2.45, 2.75) is 4.90 Å². The van der Waals surface area contributed by atoms with Crippen molar-refractivity contribution < 1.29 is 9.18 Å². The first-order valence-electron chi connectivity index (χ1n) is 5.78. The lowest BCUT2D eigenvalue weighted by atomic mass is 10.2. The normalized spacial score (nSPS) is 10.3. The molecule has 0 aliphatic carbocycles. The summed E-state index contributed by atoms with van der Waals surface area (Å²) >= 11 is 6.96. The van der Waals surface area contributed by atoms with Gasteiger partial charge in [-0.1, -0.05) is 23.7 Å². The molecule has 0 aliphatic heterocycles. The second-order valence-electron chi connectivity index (χ2n) is 4.00. The van der Waals surface area contributed by atoms with Crippen LogP contribution in [0.3, 0.4) is 0 Å². The summed E-state index contributed by atoms with van der Waals surface area (Å²) in [7, 11) is 0. The molecule has 0 spiro atoms. The molecule has 0 saturated carbocycles. The summed E-state index contributed by atoms with van der Waals surface area (Å²) in [6.07, 6.45) is 0. The highest BCUT2D eigenvalue weighted by molar-refractivity contribution is 8.00. The topological polar surface area (TPSA) is 55.1 Å². The van der Waals surface area contributed by atoms with E-state index < -0.39 is 0 Å². The van der Waals surface area contributed by atoms with Gasteiger partial charge in [0.25, 0.3) is 0 Å². The van der Waals surface area contributed by atoms with Gasteiger partial charge in [-0.15, -0.1) is 11.8 Å². The van der Waals surface area contributed by atoms with E-state index in [2.05, 4.69) is 5.32 Å². The van der Waals surface area contributed by atoms with Crippen molar-refractivity contribution in [3.63, 3.8) is 0 Å². The molecular weight excluding hydrogens is 299 g/mol. The summed E-state index contributed by atoms with van der Waals surface area (Å²) in [5.74, 6) is -0.521. The zero-order valence-electron chi connectivity index (χ0n) is 10.4. The Kier molecular flexibility index (Phi) is 4.87. The van der Waals surface area contributed by atoms with E-state index in [-0.39, 0.29) is 17.5 Å². The van der Waals surface area contributed by atoms with E-state index in [1.807, 2.05) is 0 Å². The monoisotopic (exact) mass is 310 g/mol. The van der Waals surface area contributed by atoms with Crippen LogP contribution in [-0.2, 0) is 4.79 Å². The second-order valence-corrected chi connectivity index (χ2v) is 5.45. The number of benzene rings is 2. The Labute approximate surface area is 125 Å². The predicted octanol–water partition coefficient (Wildman–Crippen LogP) is 3.79. The van der Waals surface area contributed by atoms with Gasteiger partial charge in [0, 0.05) is 9.92 Å². The number of thioether (sulfide) groups is 1. The fraction of sp³-hybridized carbons (Fsp3) is 0.0714. The molecule has 0 fully saturated rings. The zero-order chi connectivity index (χ0) is 14.5. The Bertz CT molecular complexity index is 636. The molecule has 0 saturated heterocycles. The average Bonchev–Trinajstić information content (AvgIpc) is 2.42. The van der Waals surface area contributed by atoms with Gasteiger partial charge in [0.15, 0.2) is 0 Å². The molecule has 0 unspecified atom stereocenters. The highest BCUT2D eigenvalue weighted by Crippen LogP contribution is 2.24. The lowest BCUT2D eigenvalue weighted by Crippen LogP contribution is -2.15. The lowest BCUT2D eigenvalue weighted by Gasteiger charge is -2.08. The van der Waals surface area contributed by atoms with Crippen LogP contribution in [0.1, 0.15) is 0 Å². The molecule has 0 aromatic heterocycles. The SMILES string of the molecule is Nc1ccc(Cl)cc1NC(=O)CSc1ccccc1F. The van der Waals surface area contributed by atoms with Crippen LogP contribution < -0.4 is 11.1 Å². The quantitative estimate of drug-likeness (QED) is 0.667. The average molecular weight is 311 g/mol. The number of rotatable bonds is 4. The minimum atomic E-state index is -0.340. The Morgan fingerprint density at radius 3 is 2.80 bits per heavy atom. The van der Waals surface area contributed by atoms with Gasteiger partial charge >= 0.3 is 0 Å². The molecule has 6 heteroatoms. The molecule has 0 radical (unpaired) electrons. The third-order valence-electron chi connectivity index (χ3n) is 2.48. The number of hydrogen-bond donors (Lipinski definition) is 2. The van der Waals surface area contributed by atoms with Crippen LogP contribution in [-0.4, -0.2) is 11.7 Å². The standard InChI is InChI=1S/C14H12ClFN2OS/c15-9-5-6-11(17)12(7-9)18-14(19)8-20-13-4-2-1-3-10(13)16/h1-7H,8,17H2,(H,18,19). The first-order chi connectivity index (χ1) is 9.56. The van der Waals surface area contributed by atoms with Crippen LogP contribution in [0.4, 0.5) is 15.8 Å². The van der Waals surface area contributed by atoms with Crippen LogP contribution in [0, 0.1) is 5.82 Å². The maximum Gasteiger partial charge on any atom is 0.234 e. The summed E-state index contributed by atoms with van der Waals surface area (Å²) in [5.41, 5.74) is 6.61. The minimum Gasteiger partial charge on any atom is -0.397 e. The number of amides is 1. The van der Waals surface area contributed by atoms with Crippen molar-refractivity contribution in [3.8, 4) is 0 Å². The van der Waals surface area contributed by atoms with Gasteiger partial charge in [-0.25, -0.2) is 4.39 Å². The van der Waals surface area contributed by atoms with Gasteiger partial charge in [-0.2, -0.15) is 0 Å². The molecule has 3 N–H and O–H groups in total. The molecule has 0 aliphatic rings. The zero-order valence-corrected chi connectivity index (χ0v) is 12.0. The Morgan fingerprint density at radius 1 is 1.30 bits per heavy atom. The van der Waals surface area contributed by atoms with E-state index in [1.165, 1.54) is 6.07 Å². The molecule has 1 amide bonds. The van der Waals surface area contributed by atoms with Crippen LogP contribution in [0.5, 0.6) is 0 Å². The van der Waals surface area contributed by atoms with Gasteiger partial charge in [0.2, 0.25) is 5.91 Å². The first-order valence-corrected chi connectivity index (χ1v) is 7.15. The van der Waals surface area contributed by atoms with Crippen molar-refractivity contribution in [1.29, 1.82) is 0 Å². The maximum atomic E-state index is 13.4. The first kappa shape index (κ1) is 14.7. The number of anilines is 2. The van der Waals surface area contributed by atoms with Gasteiger partial charge in [-0.3, -0.25) is 4.79 Å². The van der Waals surface area contributed by atoms with E-state index >= 15 is 0 Å². The van der Waals surface area contributed by atoms with Crippen molar-refractivity contribution in [2.24, 2.45) is 0 Å². The number of halogens is 2. The maximum absolute atomic E-state index is 13.4. The predicted molar refractivity (Wildman–Crippen MR) is 81.6 cm³/mol. The molecule has 2 aromatic rings. The van der Waals surface area contributed by atoms with Gasteiger partial charge in [-0.05, 0) is 30.3 Å². The largest absolute Gasteiger partial charge is 0.397 e. The number of nitrogens with two attached hydrogens (primary N) is 1. The van der Waals surface area contributed by atoms with Crippen molar-refractivity contribution in [1.82, 2.24) is 0 Å². The third-order valence-corrected chi connectivity index (χ3v) is 3.77. The summed E-state index contributed by atoms with van der Waals surface area (Å²) in [5, 5.41) is 3.13. The number of carbonyl (C=O) groups is 1. The minimum absolute atomic E-state index is 0.0902. The fourth-order valence-corrected chi connectivity index (χ4v) is 2.44. The fourth-order valence-electron chi connectivity index (χ4n) is 1.53.